The molecule has 1 atom stereocenters. The molecule has 142 valence electrons. The third-order valence-corrected chi connectivity index (χ3v) is 5.12. The van der Waals surface area contributed by atoms with Crippen molar-refractivity contribution in [1.82, 2.24) is 30.1 Å². The van der Waals surface area contributed by atoms with Crippen molar-refractivity contribution >= 4 is 11.5 Å². The number of anilines is 1. The highest BCUT2D eigenvalue weighted by Gasteiger charge is 2.29. The summed E-state index contributed by atoms with van der Waals surface area (Å²) in [6, 6.07) is 8.51. The van der Waals surface area contributed by atoms with Crippen molar-refractivity contribution in [3.8, 4) is 0 Å². The zero-order valence-electron chi connectivity index (χ0n) is 16.4. The summed E-state index contributed by atoms with van der Waals surface area (Å²) in [5, 5.41) is 17.0. The number of hydrogen-bond acceptors (Lipinski definition) is 6. The first-order valence-corrected chi connectivity index (χ1v) is 9.53. The van der Waals surface area contributed by atoms with Crippen LogP contribution in [-0.4, -0.2) is 44.4 Å². The van der Waals surface area contributed by atoms with Gasteiger partial charge in [0, 0.05) is 49.4 Å². The van der Waals surface area contributed by atoms with E-state index in [1.807, 2.05) is 29.0 Å². The standard InChI is InChI=1S/C20H27N7/c1-14(16-7-9-21-10-8-16)22-11-15-12-26(13-15)18-6-5-17-23-24-19(20(2,3)4)27(17)25-18/h5-10,14-15,22H,11-13H2,1-4H3. The Labute approximate surface area is 159 Å². The lowest BCUT2D eigenvalue weighted by molar-refractivity contribution is 0.365. The first-order chi connectivity index (χ1) is 12.9. The molecule has 7 nitrogen and oxygen atoms in total. The molecule has 4 heterocycles. The molecule has 0 radical (unpaired) electrons. The minimum Gasteiger partial charge on any atom is -0.354 e. The molecule has 0 aromatic carbocycles. The Morgan fingerprint density at radius 3 is 2.56 bits per heavy atom. The first-order valence-electron chi connectivity index (χ1n) is 9.53. The molecule has 7 heteroatoms. The van der Waals surface area contributed by atoms with E-state index in [1.54, 1.807) is 0 Å². The molecular formula is C20H27N7. The van der Waals surface area contributed by atoms with Gasteiger partial charge in [0.1, 0.15) is 5.82 Å². The summed E-state index contributed by atoms with van der Waals surface area (Å²) in [5.74, 6) is 2.52. The second-order valence-electron chi connectivity index (χ2n) is 8.42. The van der Waals surface area contributed by atoms with Gasteiger partial charge in [-0.2, -0.15) is 4.52 Å². The van der Waals surface area contributed by atoms with Gasteiger partial charge in [0.05, 0.1) is 0 Å². The summed E-state index contributed by atoms with van der Waals surface area (Å²) in [7, 11) is 0. The van der Waals surface area contributed by atoms with E-state index in [2.05, 4.69) is 65.2 Å². The molecule has 1 saturated heterocycles. The molecule has 0 bridgehead atoms. The predicted octanol–water partition coefficient (Wildman–Crippen LogP) is 2.60. The lowest BCUT2D eigenvalue weighted by Crippen LogP contribution is -2.51. The summed E-state index contributed by atoms with van der Waals surface area (Å²) < 4.78 is 1.88. The Morgan fingerprint density at radius 2 is 1.85 bits per heavy atom. The van der Waals surface area contributed by atoms with E-state index in [9.17, 15) is 0 Å². The van der Waals surface area contributed by atoms with Crippen molar-refractivity contribution < 1.29 is 0 Å². The van der Waals surface area contributed by atoms with Crippen LogP contribution in [0.5, 0.6) is 0 Å². The van der Waals surface area contributed by atoms with E-state index in [-0.39, 0.29) is 5.41 Å². The van der Waals surface area contributed by atoms with Crippen molar-refractivity contribution in [1.29, 1.82) is 0 Å². The van der Waals surface area contributed by atoms with E-state index in [1.165, 1.54) is 5.56 Å². The van der Waals surface area contributed by atoms with Crippen LogP contribution in [0.2, 0.25) is 0 Å². The van der Waals surface area contributed by atoms with Gasteiger partial charge in [0.2, 0.25) is 0 Å². The van der Waals surface area contributed by atoms with Gasteiger partial charge in [-0.15, -0.1) is 15.3 Å². The Kier molecular flexibility index (Phi) is 4.55. The molecule has 0 spiro atoms. The molecule has 0 amide bonds. The molecule has 1 unspecified atom stereocenters. The number of nitrogens with one attached hydrogen (secondary N) is 1. The summed E-state index contributed by atoms with van der Waals surface area (Å²) in [5.41, 5.74) is 1.99. The van der Waals surface area contributed by atoms with Gasteiger partial charge in [-0.25, -0.2) is 0 Å². The number of aromatic nitrogens is 5. The highest BCUT2D eigenvalue weighted by molar-refractivity contribution is 5.47. The van der Waals surface area contributed by atoms with Gasteiger partial charge in [0.15, 0.2) is 11.5 Å². The van der Waals surface area contributed by atoms with Gasteiger partial charge < -0.3 is 10.2 Å². The molecule has 3 aromatic rings. The monoisotopic (exact) mass is 365 g/mol. The third-order valence-electron chi connectivity index (χ3n) is 5.12. The minimum atomic E-state index is -0.0878. The average Bonchev–Trinajstić information content (AvgIpc) is 3.04. The zero-order chi connectivity index (χ0) is 19.0. The highest BCUT2D eigenvalue weighted by atomic mass is 15.4. The topological polar surface area (TPSA) is 71.2 Å². The second kappa shape index (κ2) is 6.88. The predicted molar refractivity (Wildman–Crippen MR) is 106 cm³/mol. The summed E-state index contributed by atoms with van der Waals surface area (Å²) >= 11 is 0. The van der Waals surface area contributed by atoms with Crippen LogP contribution in [0.3, 0.4) is 0 Å². The molecule has 3 aromatic heterocycles. The third kappa shape index (κ3) is 3.64. The average molecular weight is 365 g/mol. The molecule has 0 aliphatic carbocycles. The number of hydrogen-bond donors (Lipinski definition) is 1. The quantitative estimate of drug-likeness (QED) is 0.749. The fourth-order valence-electron chi connectivity index (χ4n) is 3.42. The minimum absolute atomic E-state index is 0.0878. The van der Waals surface area contributed by atoms with Gasteiger partial charge >= 0.3 is 0 Å². The molecule has 27 heavy (non-hydrogen) atoms. The van der Waals surface area contributed by atoms with E-state index in [0.717, 1.165) is 36.9 Å². The summed E-state index contributed by atoms with van der Waals surface area (Å²) in [6.07, 6.45) is 3.69. The maximum Gasteiger partial charge on any atom is 0.178 e. The smallest absolute Gasteiger partial charge is 0.178 e. The van der Waals surface area contributed by atoms with E-state index in [0.29, 0.717) is 12.0 Å². The number of pyridine rings is 1. The SMILES string of the molecule is CC(NCC1CN(c2ccc3nnc(C(C)(C)C)n3n2)C1)c1ccncc1. The first kappa shape index (κ1) is 17.9. The van der Waals surface area contributed by atoms with Crippen LogP contribution in [-0.2, 0) is 5.41 Å². The summed E-state index contributed by atoms with van der Waals surface area (Å²) in [6.45, 7) is 11.6. The van der Waals surface area contributed by atoms with E-state index in [4.69, 9.17) is 5.10 Å². The zero-order valence-corrected chi connectivity index (χ0v) is 16.4. The van der Waals surface area contributed by atoms with Crippen molar-refractivity contribution in [3.63, 3.8) is 0 Å². The maximum absolute atomic E-state index is 4.79. The molecule has 1 aliphatic heterocycles. The Morgan fingerprint density at radius 1 is 1.11 bits per heavy atom. The fourth-order valence-corrected chi connectivity index (χ4v) is 3.42. The summed E-state index contributed by atoms with van der Waals surface area (Å²) in [4.78, 5) is 6.40. The van der Waals surface area contributed by atoms with E-state index >= 15 is 0 Å². The molecular weight excluding hydrogens is 338 g/mol. The lowest BCUT2D eigenvalue weighted by Gasteiger charge is -2.40. The Hall–Kier alpha value is -2.54. The van der Waals surface area contributed by atoms with E-state index < -0.39 is 0 Å². The second-order valence-corrected chi connectivity index (χ2v) is 8.42. The Bertz CT molecular complexity index is 907. The highest BCUT2D eigenvalue weighted by Crippen LogP contribution is 2.25. The van der Waals surface area contributed by atoms with Crippen LogP contribution in [0.1, 0.15) is 45.1 Å². The normalized spacial score (nSPS) is 16.5. The number of fused-ring (bicyclic) bond motifs is 1. The van der Waals surface area contributed by atoms with Gasteiger partial charge in [0.25, 0.3) is 0 Å². The van der Waals surface area contributed by atoms with Crippen molar-refractivity contribution in [2.75, 3.05) is 24.5 Å². The molecule has 4 rings (SSSR count). The van der Waals surface area contributed by atoms with Crippen molar-refractivity contribution in [2.45, 2.75) is 39.2 Å². The van der Waals surface area contributed by atoms with Crippen molar-refractivity contribution in [3.05, 3.63) is 48.0 Å². The van der Waals surface area contributed by atoms with Gasteiger partial charge in [-0.05, 0) is 36.8 Å². The Balaban J connectivity index is 1.37. The van der Waals surface area contributed by atoms with Crippen LogP contribution in [0.4, 0.5) is 5.82 Å². The number of rotatable bonds is 5. The molecule has 0 saturated carbocycles. The molecule has 1 aliphatic rings. The number of nitrogens with zero attached hydrogens (tertiary/aromatic N) is 6. The van der Waals surface area contributed by atoms with Crippen LogP contribution < -0.4 is 10.2 Å². The van der Waals surface area contributed by atoms with Gasteiger partial charge in [-0.1, -0.05) is 20.8 Å². The lowest BCUT2D eigenvalue weighted by atomic mass is 9.96. The van der Waals surface area contributed by atoms with Crippen LogP contribution in [0.25, 0.3) is 5.65 Å². The van der Waals surface area contributed by atoms with Crippen LogP contribution in [0.15, 0.2) is 36.7 Å². The maximum atomic E-state index is 4.79. The largest absolute Gasteiger partial charge is 0.354 e. The molecule has 1 fully saturated rings. The van der Waals surface area contributed by atoms with Crippen LogP contribution in [0, 0.1) is 5.92 Å². The van der Waals surface area contributed by atoms with Crippen LogP contribution >= 0.6 is 0 Å². The van der Waals surface area contributed by atoms with Crippen molar-refractivity contribution in [2.24, 2.45) is 5.92 Å². The molecule has 1 N–H and O–H groups in total. The fraction of sp³-hybridized carbons (Fsp3) is 0.500. The van der Waals surface area contributed by atoms with Gasteiger partial charge in [-0.3, -0.25) is 4.98 Å².